The van der Waals surface area contributed by atoms with Crippen LogP contribution in [0.25, 0.3) is 11.4 Å². The summed E-state index contributed by atoms with van der Waals surface area (Å²) in [4.78, 5) is 9.02. The molecule has 0 fully saturated rings. The Morgan fingerprint density at radius 2 is 2.11 bits per heavy atom. The number of hydrogen-bond donors (Lipinski definition) is 2. The van der Waals surface area contributed by atoms with Crippen molar-refractivity contribution >= 4 is 28.4 Å². The summed E-state index contributed by atoms with van der Waals surface area (Å²) in [6.07, 6.45) is 1.04. The van der Waals surface area contributed by atoms with Crippen LogP contribution in [0.15, 0.2) is 24.3 Å². The summed E-state index contributed by atoms with van der Waals surface area (Å²) in [5.41, 5.74) is 1.76. The molecule has 0 aliphatic carbocycles. The summed E-state index contributed by atoms with van der Waals surface area (Å²) >= 11 is 2.25. The third kappa shape index (κ3) is 3.34. The van der Waals surface area contributed by atoms with Crippen LogP contribution in [0.1, 0.15) is 19.0 Å². The van der Waals surface area contributed by atoms with Gasteiger partial charge in [0.15, 0.2) is 5.82 Å². The summed E-state index contributed by atoms with van der Waals surface area (Å²) in [6.45, 7) is 4.96. The number of aromatic hydroxyl groups is 1. The Morgan fingerprint density at radius 1 is 1.32 bits per heavy atom. The number of anilines is 1. The van der Waals surface area contributed by atoms with Crippen molar-refractivity contribution in [3.63, 3.8) is 0 Å². The van der Waals surface area contributed by atoms with E-state index in [4.69, 9.17) is 0 Å². The largest absolute Gasteiger partial charge is 0.508 e. The number of aromatic nitrogens is 2. The van der Waals surface area contributed by atoms with Gasteiger partial charge in [-0.3, -0.25) is 0 Å². The van der Waals surface area contributed by atoms with Crippen LogP contribution < -0.4 is 5.32 Å². The number of aryl methyl sites for hydroxylation is 1. The van der Waals surface area contributed by atoms with Crippen LogP contribution in [0.2, 0.25) is 0 Å². The monoisotopic (exact) mass is 369 g/mol. The topological polar surface area (TPSA) is 58.0 Å². The second kappa shape index (κ2) is 6.18. The number of benzene rings is 1. The highest BCUT2D eigenvalue weighted by Crippen LogP contribution is 2.25. The maximum absolute atomic E-state index is 9.54. The zero-order chi connectivity index (χ0) is 13.8. The highest BCUT2D eigenvalue weighted by atomic mass is 127. The molecular formula is C14H16IN3O. The van der Waals surface area contributed by atoms with Gasteiger partial charge in [0.05, 0.1) is 9.26 Å². The third-order valence-electron chi connectivity index (χ3n) is 2.66. The van der Waals surface area contributed by atoms with E-state index in [9.17, 15) is 5.11 Å². The zero-order valence-electron chi connectivity index (χ0n) is 10.9. The molecule has 0 unspecified atom stereocenters. The molecule has 4 nitrogen and oxygen atoms in total. The van der Waals surface area contributed by atoms with Gasteiger partial charge in [0.1, 0.15) is 11.6 Å². The molecule has 2 N–H and O–H groups in total. The molecule has 19 heavy (non-hydrogen) atoms. The molecule has 0 atom stereocenters. The lowest BCUT2D eigenvalue weighted by atomic mass is 10.2. The van der Waals surface area contributed by atoms with Gasteiger partial charge in [-0.15, -0.1) is 0 Å². The van der Waals surface area contributed by atoms with Gasteiger partial charge in [-0.05, 0) is 48.1 Å². The fourth-order valence-corrected chi connectivity index (χ4v) is 2.13. The molecule has 100 valence electrons. The predicted octanol–water partition coefficient (Wildman–Crippen LogP) is 3.58. The van der Waals surface area contributed by atoms with E-state index in [-0.39, 0.29) is 5.75 Å². The third-order valence-corrected chi connectivity index (χ3v) is 3.96. The molecule has 0 saturated heterocycles. The molecule has 0 bridgehead atoms. The second-order valence-electron chi connectivity index (χ2n) is 4.27. The Morgan fingerprint density at radius 3 is 2.79 bits per heavy atom. The second-order valence-corrected chi connectivity index (χ2v) is 5.35. The molecule has 1 heterocycles. The van der Waals surface area contributed by atoms with Crippen molar-refractivity contribution < 1.29 is 5.11 Å². The molecule has 0 spiro atoms. The van der Waals surface area contributed by atoms with Gasteiger partial charge in [-0.25, -0.2) is 9.97 Å². The Bertz CT molecular complexity index is 587. The smallest absolute Gasteiger partial charge is 0.161 e. The van der Waals surface area contributed by atoms with E-state index in [1.165, 1.54) is 0 Å². The van der Waals surface area contributed by atoms with Crippen LogP contribution in [0.3, 0.4) is 0 Å². The Labute approximate surface area is 126 Å². The number of nitrogens with one attached hydrogen (secondary N) is 1. The molecule has 2 rings (SSSR count). The first-order valence-corrected chi connectivity index (χ1v) is 7.27. The normalized spacial score (nSPS) is 10.5. The maximum Gasteiger partial charge on any atom is 0.161 e. The predicted molar refractivity (Wildman–Crippen MR) is 85.4 cm³/mol. The fraction of sp³-hybridized carbons (Fsp3) is 0.286. The zero-order valence-corrected chi connectivity index (χ0v) is 13.1. The van der Waals surface area contributed by atoms with Crippen molar-refractivity contribution in [2.75, 3.05) is 11.9 Å². The molecule has 1 aromatic carbocycles. The summed E-state index contributed by atoms with van der Waals surface area (Å²) in [5, 5.41) is 12.8. The molecular weight excluding hydrogens is 353 g/mol. The van der Waals surface area contributed by atoms with E-state index in [2.05, 4.69) is 44.8 Å². The van der Waals surface area contributed by atoms with E-state index in [0.717, 1.165) is 33.6 Å². The van der Waals surface area contributed by atoms with Crippen molar-refractivity contribution in [3.05, 3.63) is 33.5 Å². The molecule has 0 amide bonds. The van der Waals surface area contributed by atoms with Crippen molar-refractivity contribution in [2.24, 2.45) is 0 Å². The average molecular weight is 369 g/mol. The van der Waals surface area contributed by atoms with Gasteiger partial charge in [-0.2, -0.15) is 0 Å². The molecule has 0 radical (unpaired) electrons. The molecule has 2 aromatic rings. The van der Waals surface area contributed by atoms with Crippen molar-refractivity contribution in [3.8, 4) is 17.1 Å². The van der Waals surface area contributed by atoms with Crippen LogP contribution in [0, 0.1) is 10.5 Å². The lowest BCUT2D eigenvalue weighted by Crippen LogP contribution is -2.07. The number of nitrogens with zero attached hydrogens (tertiary/aromatic N) is 2. The SMILES string of the molecule is CCCNc1nc(-c2cccc(O)c2)nc(C)c1I. The van der Waals surface area contributed by atoms with E-state index in [1.807, 2.05) is 13.0 Å². The summed E-state index contributed by atoms with van der Waals surface area (Å²) < 4.78 is 1.04. The molecule has 1 aromatic heterocycles. The first-order chi connectivity index (χ1) is 9.11. The van der Waals surface area contributed by atoms with E-state index in [0.29, 0.717) is 5.82 Å². The minimum Gasteiger partial charge on any atom is -0.508 e. The van der Waals surface area contributed by atoms with Crippen LogP contribution in [-0.2, 0) is 0 Å². The number of halogens is 1. The maximum atomic E-state index is 9.54. The van der Waals surface area contributed by atoms with Gasteiger partial charge in [0.25, 0.3) is 0 Å². The van der Waals surface area contributed by atoms with Crippen molar-refractivity contribution in [1.82, 2.24) is 9.97 Å². The molecule has 0 aliphatic heterocycles. The van der Waals surface area contributed by atoms with Crippen LogP contribution in [0.5, 0.6) is 5.75 Å². The van der Waals surface area contributed by atoms with Crippen molar-refractivity contribution in [1.29, 1.82) is 0 Å². The first-order valence-electron chi connectivity index (χ1n) is 6.19. The Hall–Kier alpha value is -1.37. The fourth-order valence-electron chi connectivity index (χ4n) is 1.69. The van der Waals surface area contributed by atoms with E-state index >= 15 is 0 Å². The highest BCUT2D eigenvalue weighted by molar-refractivity contribution is 14.1. The molecule has 5 heteroatoms. The summed E-state index contributed by atoms with van der Waals surface area (Å²) in [6, 6.07) is 7.00. The Kier molecular flexibility index (Phi) is 4.57. The minimum absolute atomic E-state index is 0.223. The average Bonchev–Trinajstić information content (AvgIpc) is 2.40. The van der Waals surface area contributed by atoms with Gasteiger partial charge in [0.2, 0.25) is 0 Å². The summed E-state index contributed by atoms with van der Waals surface area (Å²) in [7, 11) is 0. The highest BCUT2D eigenvalue weighted by Gasteiger charge is 2.10. The molecule has 0 saturated carbocycles. The summed E-state index contributed by atoms with van der Waals surface area (Å²) in [5.74, 6) is 1.71. The molecule has 0 aliphatic rings. The Balaban J connectivity index is 2.44. The number of phenols is 1. The minimum atomic E-state index is 0.223. The lowest BCUT2D eigenvalue weighted by molar-refractivity contribution is 0.475. The lowest BCUT2D eigenvalue weighted by Gasteiger charge is -2.11. The number of phenolic OH excluding ortho intramolecular Hbond substituents is 1. The standard InChI is InChI=1S/C14H16IN3O/c1-3-7-16-14-12(15)9(2)17-13(18-14)10-5-4-6-11(19)8-10/h4-6,8,19H,3,7H2,1-2H3,(H,16,17,18). The van der Waals surface area contributed by atoms with Crippen LogP contribution >= 0.6 is 22.6 Å². The first kappa shape index (κ1) is 14.0. The number of rotatable bonds is 4. The van der Waals surface area contributed by atoms with Crippen molar-refractivity contribution in [2.45, 2.75) is 20.3 Å². The van der Waals surface area contributed by atoms with Gasteiger partial charge >= 0.3 is 0 Å². The van der Waals surface area contributed by atoms with Gasteiger partial charge in [-0.1, -0.05) is 19.1 Å². The van der Waals surface area contributed by atoms with E-state index < -0.39 is 0 Å². The number of hydrogen-bond acceptors (Lipinski definition) is 4. The van der Waals surface area contributed by atoms with Gasteiger partial charge < -0.3 is 10.4 Å². The van der Waals surface area contributed by atoms with Crippen LogP contribution in [0.4, 0.5) is 5.82 Å². The quantitative estimate of drug-likeness (QED) is 0.809. The van der Waals surface area contributed by atoms with Gasteiger partial charge in [0, 0.05) is 12.1 Å². The van der Waals surface area contributed by atoms with E-state index in [1.54, 1.807) is 18.2 Å². The van der Waals surface area contributed by atoms with Crippen LogP contribution in [-0.4, -0.2) is 21.6 Å².